The molecule has 1 fully saturated rings. The molecule has 1 atom stereocenters. The third-order valence-corrected chi connectivity index (χ3v) is 5.25. The van der Waals surface area contributed by atoms with Crippen LogP contribution in [0.3, 0.4) is 0 Å². The van der Waals surface area contributed by atoms with E-state index in [0.29, 0.717) is 29.0 Å². The normalized spacial score (nSPS) is 24.3. The standard InChI is InChI=1S/C19H17N3O2/c1-11-20-17-8-4-7-16(22(17)21-11)19(23)24-18-13-9-12(10-13)14-5-2-3-6-15(14)18/h2-8,12-13,18H,9-10H2,1H3. The molecule has 5 heteroatoms. The van der Waals surface area contributed by atoms with E-state index >= 15 is 0 Å². The van der Waals surface area contributed by atoms with E-state index in [0.717, 1.165) is 12.8 Å². The second-order valence-electron chi connectivity index (χ2n) is 6.72. The summed E-state index contributed by atoms with van der Waals surface area (Å²) >= 11 is 0. The van der Waals surface area contributed by atoms with Gasteiger partial charge in [0, 0.05) is 5.92 Å². The fourth-order valence-electron chi connectivity index (χ4n) is 4.06. The average Bonchev–Trinajstić information content (AvgIpc) is 2.93. The van der Waals surface area contributed by atoms with Crippen LogP contribution in [0, 0.1) is 12.8 Å². The van der Waals surface area contributed by atoms with Gasteiger partial charge < -0.3 is 4.74 Å². The van der Waals surface area contributed by atoms with Crippen LogP contribution >= 0.6 is 0 Å². The van der Waals surface area contributed by atoms with Gasteiger partial charge in [0.05, 0.1) is 0 Å². The van der Waals surface area contributed by atoms with E-state index in [1.54, 1.807) is 10.6 Å². The Morgan fingerprint density at radius 1 is 1.12 bits per heavy atom. The van der Waals surface area contributed by atoms with Crippen LogP contribution in [0.5, 0.6) is 0 Å². The Morgan fingerprint density at radius 2 is 1.92 bits per heavy atom. The van der Waals surface area contributed by atoms with Gasteiger partial charge in [0.25, 0.3) is 0 Å². The Hall–Kier alpha value is -2.69. The van der Waals surface area contributed by atoms with Crippen molar-refractivity contribution in [1.29, 1.82) is 0 Å². The summed E-state index contributed by atoms with van der Waals surface area (Å²) in [5.74, 6) is 1.38. The van der Waals surface area contributed by atoms with Gasteiger partial charge in [0.2, 0.25) is 0 Å². The predicted octanol–water partition coefficient (Wildman–Crippen LogP) is 3.44. The smallest absolute Gasteiger partial charge is 0.357 e. The summed E-state index contributed by atoms with van der Waals surface area (Å²) in [5.41, 5.74) is 3.59. The molecule has 0 aliphatic heterocycles. The number of nitrogens with zero attached hydrogens (tertiary/aromatic N) is 3. The van der Waals surface area contributed by atoms with Crippen molar-refractivity contribution in [2.75, 3.05) is 0 Å². The molecule has 1 unspecified atom stereocenters. The first-order valence-corrected chi connectivity index (χ1v) is 8.33. The number of carbonyl (C=O) groups excluding carboxylic acids is 1. The number of pyridine rings is 1. The summed E-state index contributed by atoms with van der Waals surface area (Å²) in [6.07, 6.45) is 2.07. The highest BCUT2D eigenvalue weighted by molar-refractivity contribution is 5.88. The number of hydrogen-bond acceptors (Lipinski definition) is 4. The molecule has 120 valence electrons. The van der Waals surface area contributed by atoms with Crippen molar-refractivity contribution in [3.05, 3.63) is 65.1 Å². The van der Waals surface area contributed by atoms with Crippen LogP contribution in [0.2, 0.25) is 0 Å². The number of rotatable bonds is 2. The highest BCUT2D eigenvalue weighted by atomic mass is 16.5. The summed E-state index contributed by atoms with van der Waals surface area (Å²) in [7, 11) is 0. The second kappa shape index (κ2) is 4.90. The number of benzene rings is 1. The zero-order chi connectivity index (χ0) is 16.3. The molecule has 0 spiro atoms. The van der Waals surface area contributed by atoms with E-state index in [1.165, 1.54) is 11.1 Å². The van der Waals surface area contributed by atoms with E-state index in [-0.39, 0.29) is 12.1 Å². The monoisotopic (exact) mass is 319 g/mol. The number of aryl methyl sites for hydroxylation is 1. The molecule has 0 saturated heterocycles. The Balaban J connectivity index is 1.51. The summed E-state index contributed by atoms with van der Waals surface area (Å²) in [4.78, 5) is 17.1. The Kier molecular flexibility index (Phi) is 2.80. The fraction of sp³-hybridized carbons (Fsp3) is 0.316. The van der Waals surface area contributed by atoms with Gasteiger partial charge in [0.1, 0.15) is 11.9 Å². The van der Waals surface area contributed by atoms with Crippen LogP contribution in [0.1, 0.15) is 52.3 Å². The molecule has 24 heavy (non-hydrogen) atoms. The van der Waals surface area contributed by atoms with Crippen molar-refractivity contribution in [2.45, 2.75) is 31.8 Å². The molecular weight excluding hydrogens is 302 g/mol. The average molecular weight is 319 g/mol. The Morgan fingerprint density at radius 3 is 2.75 bits per heavy atom. The van der Waals surface area contributed by atoms with Crippen LogP contribution in [0.4, 0.5) is 0 Å². The molecule has 0 N–H and O–H groups in total. The van der Waals surface area contributed by atoms with Crippen LogP contribution in [0.25, 0.3) is 5.65 Å². The van der Waals surface area contributed by atoms with Crippen molar-refractivity contribution < 1.29 is 9.53 Å². The summed E-state index contributed by atoms with van der Waals surface area (Å²) < 4.78 is 7.51. The number of carbonyl (C=O) groups is 1. The lowest BCUT2D eigenvalue weighted by Crippen LogP contribution is -2.36. The molecule has 0 radical (unpaired) electrons. The minimum atomic E-state index is -0.337. The summed E-state index contributed by atoms with van der Waals surface area (Å²) in [6, 6.07) is 13.7. The van der Waals surface area contributed by atoms with Crippen molar-refractivity contribution in [1.82, 2.24) is 14.6 Å². The molecule has 2 bridgehead atoms. The number of hydrogen-bond donors (Lipinski definition) is 0. The van der Waals surface area contributed by atoms with Gasteiger partial charge in [-0.05, 0) is 48.9 Å². The lowest BCUT2D eigenvalue weighted by Gasteiger charge is -2.47. The van der Waals surface area contributed by atoms with E-state index in [2.05, 4.69) is 28.3 Å². The quantitative estimate of drug-likeness (QED) is 0.679. The molecule has 3 aliphatic carbocycles. The van der Waals surface area contributed by atoms with Crippen LogP contribution < -0.4 is 0 Å². The van der Waals surface area contributed by atoms with E-state index in [9.17, 15) is 4.79 Å². The zero-order valence-electron chi connectivity index (χ0n) is 13.3. The zero-order valence-corrected chi connectivity index (χ0v) is 13.3. The summed E-state index contributed by atoms with van der Waals surface area (Å²) in [6.45, 7) is 1.81. The van der Waals surface area contributed by atoms with E-state index in [4.69, 9.17) is 4.74 Å². The molecule has 3 aromatic rings. The van der Waals surface area contributed by atoms with Gasteiger partial charge in [-0.1, -0.05) is 30.3 Å². The van der Waals surface area contributed by atoms with Gasteiger partial charge in [-0.3, -0.25) is 0 Å². The largest absolute Gasteiger partial charge is 0.452 e. The first kappa shape index (κ1) is 13.7. The molecule has 2 aromatic heterocycles. The molecular formula is C19H17N3O2. The number of aromatic nitrogens is 3. The van der Waals surface area contributed by atoms with Gasteiger partial charge in [-0.15, -0.1) is 0 Å². The molecule has 5 nitrogen and oxygen atoms in total. The minimum Gasteiger partial charge on any atom is -0.452 e. The summed E-state index contributed by atoms with van der Waals surface area (Å²) in [5, 5.41) is 4.31. The molecule has 3 aliphatic rings. The van der Waals surface area contributed by atoms with Crippen LogP contribution in [0.15, 0.2) is 42.5 Å². The molecule has 1 saturated carbocycles. The lowest BCUT2D eigenvalue weighted by molar-refractivity contribution is -0.0168. The van der Waals surface area contributed by atoms with Crippen molar-refractivity contribution in [3.8, 4) is 0 Å². The third kappa shape index (κ3) is 1.90. The van der Waals surface area contributed by atoms with Gasteiger partial charge in [-0.2, -0.15) is 5.10 Å². The molecule has 6 rings (SSSR count). The van der Waals surface area contributed by atoms with Gasteiger partial charge >= 0.3 is 5.97 Å². The van der Waals surface area contributed by atoms with Gasteiger partial charge in [-0.25, -0.2) is 14.3 Å². The highest BCUT2D eigenvalue weighted by Crippen LogP contribution is 2.56. The third-order valence-electron chi connectivity index (χ3n) is 5.25. The lowest BCUT2D eigenvalue weighted by atomic mass is 9.61. The maximum absolute atomic E-state index is 12.8. The van der Waals surface area contributed by atoms with Gasteiger partial charge in [0.15, 0.2) is 11.3 Å². The Labute approximate surface area is 139 Å². The number of ether oxygens (including phenoxy) is 1. The van der Waals surface area contributed by atoms with Crippen molar-refractivity contribution >= 4 is 11.6 Å². The SMILES string of the molecule is Cc1nc2cccc(C(=O)OC3c4ccccc4C4CC3C4)n2n1. The first-order chi connectivity index (χ1) is 11.7. The van der Waals surface area contributed by atoms with Crippen LogP contribution in [-0.4, -0.2) is 20.6 Å². The van der Waals surface area contributed by atoms with Crippen molar-refractivity contribution in [2.24, 2.45) is 5.92 Å². The maximum atomic E-state index is 12.8. The second-order valence-corrected chi connectivity index (χ2v) is 6.72. The molecule has 2 heterocycles. The van der Waals surface area contributed by atoms with Crippen molar-refractivity contribution in [3.63, 3.8) is 0 Å². The maximum Gasteiger partial charge on any atom is 0.357 e. The molecule has 1 aromatic carbocycles. The highest BCUT2D eigenvalue weighted by Gasteiger charge is 2.45. The minimum absolute atomic E-state index is 0.154. The first-order valence-electron chi connectivity index (χ1n) is 8.33. The molecule has 0 amide bonds. The van der Waals surface area contributed by atoms with E-state index in [1.807, 2.05) is 25.1 Å². The fourth-order valence-corrected chi connectivity index (χ4v) is 4.06. The number of esters is 1. The van der Waals surface area contributed by atoms with E-state index < -0.39 is 0 Å². The topological polar surface area (TPSA) is 56.5 Å². The predicted molar refractivity (Wildman–Crippen MR) is 87.8 cm³/mol. The Bertz CT molecular complexity index is 956. The number of fused-ring (bicyclic) bond motifs is 1. The van der Waals surface area contributed by atoms with Crippen LogP contribution in [-0.2, 0) is 4.74 Å².